The molecule has 10 nitrogen and oxygen atoms in total. The fraction of sp³-hybridized carbons (Fsp3) is 0.158. The maximum absolute atomic E-state index is 12.8. The summed E-state index contributed by atoms with van der Waals surface area (Å²) in [4.78, 5) is 34.6. The van der Waals surface area contributed by atoms with Crippen molar-refractivity contribution >= 4 is 47.8 Å². The molecule has 1 amide bonds. The molecule has 0 bridgehead atoms. The largest absolute Gasteiger partial charge is 0.478 e. The van der Waals surface area contributed by atoms with Crippen molar-refractivity contribution in [2.24, 2.45) is 0 Å². The van der Waals surface area contributed by atoms with Crippen molar-refractivity contribution in [2.45, 2.75) is 13.5 Å². The Morgan fingerprint density at radius 2 is 1.68 bits per heavy atom. The Morgan fingerprint density at radius 1 is 1.10 bits per heavy atom. The smallest absolute Gasteiger partial charge is 0.411 e. The Balaban J connectivity index is 0.000000858. The van der Waals surface area contributed by atoms with E-state index in [0.717, 1.165) is 5.56 Å². The number of benzene rings is 1. The van der Waals surface area contributed by atoms with E-state index >= 15 is 0 Å². The second-order valence-corrected chi connectivity index (χ2v) is 5.46. The summed E-state index contributed by atoms with van der Waals surface area (Å²) >= 11 is 0. The number of rotatable bonds is 7. The molecule has 6 N–H and O–H groups in total. The number of amides is 1. The standard InChI is InChI=1S/C15H17FN4O2.C4H4O4.ClH/c1-2-22-15(21)19-12-7-8-13(20-14(12)17)18-9-10-3-5-11(16)6-4-10;5-3(6)1-2-4(7)8;/h3-8H,2,9H2,1H3,(H,19,21)(H3,17,18,20);1-2H,(H,5,6)(H,7,8);1H/b;2-1-;. The minimum Gasteiger partial charge on any atom is -0.478 e. The molecule has 1 aromatic heterocycles. The van der Waals surface area contributed by atoms with Crippen LogP contribution in [0.2, 0.25) is 0 Å². The second kappa shape index (κ2) is 14.2. The van der Waals surface area contributed by atoms with E-state index < -0.39 is 18.0 Å². The van der Waals surface area contributed by atoms with Gasteiger partial charge in [-0.2, -0.15) is 0 Å². The molecule has 0 aliphatic carbocycles. The van der Waals surface area contributed by atoms with Gasteiger partial charge in [0.05, 0.1) is 12.3 Å². The van der Waals surface area contributed by atoms with Gasteiger partial charge in [0.15, 0.2) is 0 Å². The minimum absolute atomic E-state index is 0. The van der Waals surface area contributed by atoms with Crippen LogP contribution in [0.15, 0.2) is 48.6 Å². The number of carboxylic acid groups (broad SMARTS) is 2. The number of pyridine rings is 1. The molecule has 0 atom stereocenters. The zero-order valence-corrected chi connectivity index (χ0v) is 17.2. The number of hydrogen-bond acceptors (Lipinski definition) is 7. The number of nitrogens with zero attached hydrogens (tertiary/aromatic N) is 1. The highest BCUT2D eigenvalue weighted by atomic mass is 35.5. The van der Waals surface area contributed by atoms with E-state index in [9.17, 15) is 18.8 Å². The minimum atomic E-state index is -1.26. The van der Waals surface area contributed by atoms with Crippen LogP contribution in [-0.2, 0) is 20.9 Å². The zero-order valence-electron chi connectivity index (χ0n) is 16.4. The van der Waals surface area contributed by atoms with Crippen LogP contribution in [0.4, 0.5) is 26.5 Å². The molecule has 12 heteroatoms. The molecule has 1 aromatic carbocycles. The number of nitrogens with one attached hydrogen (secondary N) is 2. The lowest BCUT2D eigenvalue weighted by Crippen LogP contribution is -2.15. The molecule has 0 radical (unpaired) electrons. The molecule has 0 unspecified atom stereocenters. The summed E-state index contributed by atoms with van der Waals surface area (Å²) in [5, 5.41) is 21.2. The summed E-state index contributed by atoms with van der Waals surface area (Å²) in [6.07, 6.45) is 0.535. The predicted molar refractivity (Wildman–Crippen MR) is 115 cm³/mol. The summed E-state index contributed by atoms with van der Waals surface area (Å²) in [6, 6.07) is 9.47. The first-order valence-electron chi connectivity index (χ1n) is 8.53. The predicted octanol–water partition coefficient (Wildman–Crippen LogP) is 3.12. The number of anilines is 3. The van der Waals surface area contributed by atoms with Gasteiger partial charge in [0.2, 0.25) is 0 Å². The lowest BCUT2D eigenvalue weighted by atomic mass is 10.2. The molecule has 0 spiro atoms. The highest BCUT2D eigenvalue weighted by Crippen LogP contribution is 2.19. The van der Waals surface area contributed by atoms with Crippen LogP contribution in [0.25, 0.3) is 0 Å². The molecule has 1 heterocycles. The Hall–Kier alpha value is -3.86. The number of nitrogen functional groups attached to an aromatic ring is 1. The molecule has 0 fully saturated rings. The lowest BCUT2D eigenvalue weighted by molar-refractivity contribution is -0.134. The van der Waals surface area contributed by atoms with E-state index in [1.54, 1.807) is 31.2 Å². The molecule has 2 aromatic rings. The molecule has 2 rings (SSSR count). The maximum Gasteiger partial charge on any atom is 0.411 e. The average Bonchev–Trinajstić information content (AvgIpc) is 2.68. The second-order valence-electron chi connectivity index (χ2n) is 5.46. The van der Waals surface area contributed by atoms with Gasteiger partial charge in [0.25, 0.3) is 0 Å². The number of nitrogens with two attached hydrogens (primary N) is 1. The summed E-state index contributed by atoms with van der Waals surface area (Å²) in [7, 11) is 0. The highest BCUT2D eigenvalue weighted by molar-refractivity contribution is 5.89. The summed E-state index contributed by atoms with van der Waals surface area (Å²) < 4.78 is 17.6. The number of carboxylic acids is 2. The Kier molecular flexibility index (Phi) is 12.4. The number of carbonyl (C=O) groups is 3. The van der Waals surface area contributed by atoms with Crippen LogP contribution in [0, 0.1) is 5.82 Å². The molecule has 0 saturated heterocycles. The number of aromatic nitrogens is 1. The first kappa shape index (κ1) is 27.1. The van der Waals surface area contributed by atoms with E-state index in [0.29, 0.717) is 30.2 Å². The molecule has 31 heavy (non-hydrogen) atoms. The molecular weight excluding hydrogens is 435 g/mol. The SMILES string of the molecule is CCOC(=O)Nc1ccc(NCc2ccc(F)cc2)nc1N.Cl.O=C(O)/C=C\C(=O)O. The number of halogens is 2. The first-order chi connectivity index (χ1) is 14.2. The van der Waals surface area contributed by atoms with Gasteiger partial charge in [-0.15, -0.1) is 12.4 Å². The Labute approximate surface area is 183 Å². The third-order valence-electron chi connectivity index (χ3n) is 3.19. The number of carbonyl (C=O) groups excluding carboxylic acids is 1. The summed E-state index contributed by atoms with van der Waals surface area (Å²) in [6.45, 7) is 2.47. The summed E-state index contributed by atoms with van der Waals surface area (Å²) in [5.74, 6) is -2.06. The normalized spacial score (nSPS) is 9.61. The average molecular weight is 457 g/mol. The maximum atomic E-state index is 12.8. The van der Waals surface area contributed by atoms with E-state index in [4.69, 9.17) is 20.7 Å². The van der Waals surface area contributed by atoms with Gasteiger partial charge in [0, 0.05) is 18.7 Å². The van der Waals surface area contributed by atoms with Crippen molar-refractivity contribution < 1.29 is 33.7 Å². The monoisotopic (exact) mass is 456 g/mol. The fourth-order valence-corrected chi connectivity index (χ4v) is 1.89. The number of aliphatic carboxylic acids is 2. The fourth-order valence-electron chi connectivity index (χ4n) is 1.89. The number of hydrogen-bond donors (Lipinski definition) is 5. The van der Waals surface area contributed by atoms with Crippen LogP contribution in [0.1, 0.15) is 12.5 Å². The van der Waals surface area contributed by atoms with Crippen LogP contribution >= 0.6 is 12.4 Å². The van der Waals surface area contributed by atoms with Crippen LogP contribution < -0.4 is 16.4 Å². The quantitative estimate of drug-likeness (QED) is 0.393. The van der Waals surface area contributed by atoms with Gasteiger partial charge in [0.1, 0.15) is 17.5 Å². The van der Waals surface area contributed by atoms with Crippen LogP contribution in [0.3, 0.4) is 0 Å². The van der Waals surface area contributed by atoms with Crippen molar-refractivity contribution in [3.8, 4) is 0 Å². The highest BCUT2D eigenvalue weighted by Gasteiger charge is 2.07. The first-order valence-corrected chi connectivity index (χ1v) is 8.53. The molecule has 0 aliphatic rings. The van der Waals surface area contributed by atoms with Crippen molar-refractivity contribution in [2.75, 3.05) is 23.0 Å². The molecule has 168 valence electrons. The van der Waals surface area contributed by atoms with E-state index in [2.05, 4.69) is 15.6 Å². The van der Waals surface area contributed by atoms with Gasteiger partial charge >= 0.3 is 18.0 Å². The third-order valence-corrected chi connectivity index (χ3v) is 3.19. The molecule has 0 aliphatic heterocycles. The summed E-state index contributed by atoms with van der Waals surface area (Å²) in [5.41, 5.74) is 7.08. The van der Waals surface area contributed by atoms with Crippen LogP contribution in [0.5, 0.6) is 0 Å². The van der Waals surface area contributed by atoms with Crippen molar-refractivity contribution in [1.29, 1.82) is 0 Å². The van der Waals surface area contributed by atoms with Gasteiger partial charge in [-0.1, -0.05) is 12.1 Å². The zero-order chi connectivity index (χ0) is 22.5. The molecular formula is C19H22ClFN4O6. The topological polar surface area (TPSA) is 164 Å². The van der Waals surface area contributed by atoms with Gasteiger partial charge < -0.3 is 26.0 Å². The molecule has 0 saturated carbocycles. The Bertz CT molecular complexity index is 893. The van der Waals surface area contributed by atoms with E-state index in [-0.39, 0.29) is 30.6 Å². The Morgan fingerprint density at radius 3 is 2.16 bits per heavy atom. The van der Waals surface area contributed by atoms with E-state index in [1.807, 2.05) is 0 Å². The van der Waals surface area contributed by atoms with Gasteiger partial charge in [-0.05, 0) is 36.8 Å². The van der Waals surface area contributed by atoms with Crippen LogP contribution in [-0.4, -0.2) is 39.8 Å². The van der Waals surface area contributed by atoms with Crippen molar-refractivity contribution in [3.63, 3.8) is 0 Å². The lowest BCUT2D eigenvalue weighted by Gasteiger charge is -2.10. The van der Waals surface area contributed by atoms with Gasteiger partial charge in [-0.3, -0.25) is 5.32 Å². The van der Waals surface area contributed by atoms with Gasteiger partial charge in [-0.25, -0.2) is 23.8 Å². The van der Waals surface area contributed by atoms with Crippen molar-refractivity contribution in [3.05, 3.63) is 59.9 Å². The van der Waals surface area contributed by atoms with Crippen molar-refractivity contribution in [1.82, 2.24) is 4.98 Å². The van der Waals surface area contributed by atoms with E-state index in [1.165, 1.54) is 12.1 Å². The third kappa shape index (κ3) is 11.7. The number of ether oxygens (including phenoxy) is 1.